The van der Waals surface area contributed by atoms with E-state index in [1.165, 1.54) is 0 Å². The number of fused-ring (bicyclic) bond motifs is 1. The summed E-state index contributed by atoms with van der Waals surface area (Å²) in [7, 11) is 0. The molecule has 1 N–H and O–H groups in total. The SMILES string of the molecule is FC(F)c1nc2bbbbc2[nH]1. The maximum atomic E-state index is 12.1. The average Bonchev–Trinajstić information content (AvgIpc) is 2.46. The Morgan fingerprint density at radius 1 is 1.25 bits per heavy atom. The van der Waals surface area contributed by atoms with Crippen LogP contribution in [-0.4, -0.2) is 36.9 Å². The predicted octanol–water partition coefficient (Wildman–Crippen LogP) is -0.147. The fourth-order valence-electron chi connectivity index (χ4n) is 1.08. The molecule has 0 atom stereocenters. The van der Waals surface area contributed by atoms with Crippen molar-refractivity contribution >= 4 is 37.8 Å². The monoisotopic (exact) mass is 160 g/mol. The van der Waals surface area contributed by atoms with E-state index in [2.05, 4.69) is 9.97 Å². The van der Waals surface area contributed by atoms with Crippen molar-refractivity contribution in [2.45, 2.75) is 6.43 Å². The third kappa shape index (κ3) is 1.30. The summed E-state index contributed by atoms with van der Waals surface area (Å²) in [4.78, 5) is 6.24. The van der Waals surface area contributed by atoms with E-state index in [0.717, 1.165) is 0 Å². The van der Waals surface area contributed by atoms with E-state index >= 15 is 0 Å². The topological polar surface area (TPSA) is 28.7 Å². The van der Waals surface area contributed by atoms with Gasteiger partial charge in [0.15, 0.2) is 0 Å². The zero-order valence-corrected chi connectivity index (χ0v) is 6.09. The van der Waals surface area contributed by atoms with Crippen LogP contribution in [0.5, 0.6) is 0 Å². The number of aromatic amines is 1. The third-order valence-electron chi connectivity index (χ3n) is 1.61. The molecule has 0 aliphatic rings. The molecule has 54 valence electrons. The van der Waals surface area contributed by atoms with E-state index in [1.54, 1.807) is 27.0 Å². The van der Waals surface area contributed by atoms with Crippen LogP contribution in [0.25, 0.3) is 10.8 Å². The van der Waals surface area contributed by atoms with Crippen LogP contribution in [0.4, 0.5) is 8.78 Å². The minimum atomic E-state index is -2.53. The zero-order chi connectivity index (χ0) is 8.55. The molecule has 2 heterocycles. The average molecular weight is 159 g/mol. The number of rotatable bonds is 1. The van der Waals surface area contributed by atoms with Crippen molar-refractivity contribution in [2.75, 3.05) is 0 Å². The maximum absolute atomic E-state index is 12.1. The Hall–Kier alpha value is -0.670. The molecule has 0 saturated carbocycles. The Morgan fingerprint density at radius 2 is 2.00 bits per heavy atom. The summed E-state index contributed by atoms with van der Waals surface area (Å²) in [6.45, 7) is 6.94. The van der Waals surface area contributed by atoms with Gasteiger partial charge in [-0.3, -0.25) is 0 Å². The van der Waals surface area contributed by atoms with Crippen molar-refractivity contribution < 1.29 is 8.78 Å². The normalized spacial score (nSPS) is 9.92. The van der Waals surface area contributed by atoms with Crippen LogP contribution >= 0.6 is 0 Å². The number of aromatic nitrogens is 2. The second-order valence-electron chi connectivity index (χ2n) is 2.44. The van der Waals surface area contributed by atoms with Crippen LogP contribution < -0.4 is 0 Å². The summed E-state index contributed by atoms with van der Waals surface area (Å²) in [5, 5.41) is 0. The molecule has 0 aliphatic carbocycles. The molecule has 0 spiro atoms. The second kappa shape index (κ2) is 2.99. The van der Waals surface area contributed by atoms with Crippen molar-refractivity contribution in [2.24, 2.45) is 0 Å². The quantitative estimate of drug-likeness (QED) is 0.616. The molecule has 0 bridgehead atoms. The van der Waals surface area contributed by atoms with Crippen LogP contribution in [0.1, 0.15) is 12.2 Å². The molecule has 0 radical (unpaired) electrons. The van der Waals surface area contributed by atoms with E-state index in [9.17, 15) is 8.78 Å². The Morgan fingerprint density at radius 3 is 2.67 bits per heavy atom. The molecule has 0 fully saturated rings. The molecule has 2 aromatic rings. The molecule has 8 heteroatoms. The molecular formula is C4H2B4F2N2. The molecule has 0 saturated heterocycles. The molecule has 2 nitrogen and oxygen atoms in total. The molecule has 0 amide bonds. The number of nitrogens with zero attached hydrogens (tertiary/aromatic N) is 1. The van der Waals surface area contributed by atoms with Crippen LogP contribution in [-0.2, 0) is 0 Å². The summed E-state index contributed by atoms with van der Waals surface area (Å²) < 4.78 is 24.2. The van der Waals surface area contributed by atoms with Gasteiger partial charge in [0.1, 0.15) is 0 Å². The third-order valence-corrected chi connectivity index (χ3v) is 1.61. The number of halogens is 2. The van der Waals surface area contributed by atoms with Crippen LogP contribution in [0.3, 0.4) is 0 Å². The van der Waals surface area contributed by atoms with Crippen molar-refractivity contribution in [1.82, 2.24) is 9.97 Å². The first-order valence-electron chi connectivity index (χ1n) is 3.50. The fraction of sp³-hybridized carbons (Fsp3) is 0.250. The van der Waals surface area contributed by atoms with Gasteiger partial charge in [-0.2, -0.15) is 0 Å². The van der Waals surface area contributed by atoms with Crippen molar-refractivity contribution in [1.29, 1.82) is 0 Å². The standard InChI is InChI=1S/C4H2B4F2N2/c9-3(10)4-11-1-2(12-4)6-8-7-5-1/h3H,(H,11,12). The van der Waals surface area contributed by atoms with Gasteiger partial charge in [-0.1, -0.05) is 0 Å². The number of imidazole rings is 1. The van der Waals surface area contributed by atoms with E-state index in [4.69, 9.17) is 0 Å². The molecule has 2 rings (SSSR count). The Bertz CT molecular complexity index is 370. The predicted molar refractivity (Wildman–Crippen MR) is 46.4 cm³/mol. The number of hydrogen-bond acceptors (Lipinski definition) is 1. The van der Waals surface area contributed by atoms with Crippen LogP contribution in [0, 0.1) is 0 Å². The Balaban J connectivity index is 2.62. The number of H-pyrrole nitrogens is 1. The fourth-order valence-corrected chi connectivity index (χ4v) is 1.08. The molecular weight excluding hydrogens is 157 g/mol. The molecule has 12 heavy (non-hydrogen) atoms. The molecule has 0 unspecified atom stereocenters. The second-order valence-corrected chi connectivity index (χ2v) is 2.44. The van der Waals surface area contributed by atoms with E-state index in [-0.39, 0.29) is 5.82 Å². The summed E-state index contributed by atoms with van der Waals surface area (Å²) in [6, 6.07) is 0. The van der Waals surface area contributed by atoms with Crippen LogP contribution in [0.15, 0.2) is 0 Å². The zero-order valence-electron chi connectivity index (χ0n) is 6.09. The Kier molecular flexibility index (Phi) is 1.98. The summed E-state index contributed by atoms with van der Waals surface area (Å²) in [6.07, 6.45) is -2.53. The van der Waals surface area contributed by atoms with Gasteiger partial charge in [0, 0.05) is 0 Å². The van der Waals surface area contributed by atoms with Crippen LogP contribution in [0.2, 0.25) is 0 Å². The van der Waals surface area contributed by atoms with E-state index < -0.39 is 6.43 Å². The van der Waals surface area contributed by atoms with E-state index in [0.29, 0.717) is 10.8 Å². The molecule has 0 aliphatic heterocycles. The van der Waals surface area contributed by atoms with Gasteiger partial charge in [-0.15, -0.1) is 0 Å². The first-order valence-corrected chi connectivity index (χ1v) is 3.50. The van der Waals surface area contributed by atoms with Gasteiger partial charge in [0.25, 0.3) is 0 Å². The van der Waals surface area contributed by atoms with E-state index in [1.807, 2.05) is 0 Å². The van der Waals surface area contributed by atoms with Crippen molar-refractivity contribution in [3.05, 3.63) is 5.82 Å². The molecule has 0 aromatic carbocycles. The van der Waals surface area contributed by atoms with Crippen molar-refractivity contribution in [3.8, 4) is 0 Å². The minimum absolute atomic E-state index is 0.267. The van der Waals surface area contributed by atoms with Gasteiger partial charge >= 0.3 is 68.8 Å². The number of alkyl halides is 2. The van der Waals surface area contributed by atoms with Gasteiger partial charge in [-0.05, 0) is 0 Å². The van der Waals surface area contributed by atoms with Gasteiger partial charge < -0.3 is 0 Å². The van der Waals surface area contributed by atoms with Gasteiger partial charge in [0.05, 0.1) is 0 Å². The first-order chi connectivity index (χ1) is 5.77. The Labute approximate surface area is 69.6 Å². The summed E-state index contributed by atoms with van der Waals surface area (Å²) in [5.74, 6) is -0.267. The number of nitrogens with one attached hydrogen (secondary N) is 1. The number of hydrogen-bond donors (Lipinski definition) is 1. The van der Waals surface area contributed by atoms with Gasteiger partial charge in [-0.25, -0.2) is 0 Å². The van der Waals surface area contributed by atoms with Gasteiger partial charge in [0.2, 0.25) is 0 Å². The first kappa shape index (κ1) is 7.95. The molecule has 2 aromatic heterocycles. The van der Waals surface area contributed by atoms with Crippen molar-refractivity contribution in [3.63, 3.8) is 0 Å². The summed E-state index contributed by atoms with van der Waals surface area (Å²) >= 11 is 0. The summed E-state index contributed by atoms with van der Waals surface area (Å²) in [5.41, 5.74) is 1.22.